The molecule has 3 aromatic heterocycles. The molecule has 0 unspecified atom stereocenters. The van der Waals surface area contributed by atoms with Gasteiger partial charge in [-0.3, -0.25) is 9.59 Å². The molecule has 2 aromatic carbocycles. The van der Waals surface area contributed by atoms with Crippen LogP contribution in [0.3, 0.4) is 0 Å². The third-order valence-electron chi connectivity index (χ3n) is 5.65. The number of carbonyl (C=O) groups is 1. The third-order valence-corrected chi connectivity index (χ3v) is 6.44. The second-order valence-electron chi connectivity index (χ2n) is 8.94. The zero-order valence-electron chi connectivity index (χ0n) is 23.1. The molecular formula is C31H35F2N3O2S. The summed E-state index contributed by atoms with van der Waals surface area (Å²) in [6.45, 7) is 9.66. The summed E-state index contributed by atoms with van der Waals surface area (Å²) < 4.78 is 30.5. The van der Waals surface area contributed by atoms with Gasteiger partial charge in [-0.1, -0.05) is 59.4 Å². The smallest absolute Gasteiger partial charge is 0.255 e. The molecular weight excluding hydrogens is 516 g/mol. The number of Topliss-reactive ketones (excluding diaryl/α,β-unsaturated/α-hetero) is 1. The Kier molecular flexibility index (Phi) is 10.7. The SMILES string of the molecule is C1CC1.CC.CC(=O)c1c(-c2ccc[nH]c2=O)c2c3ncsc3ccc2n1Cc1ccc(F)cc1F.CCC. The van der Waals surface area contributed by atoms with E-state index in [9.17, 15) is 18.4 Å². The van der Waals surface area contributed by atoms with E-state index in [4.69, 9.17) is 0 Å². The van der Waals surface area contributed by atoms with Crippen molar-refractivity contribution >= 4 is 38.2 Å². The molecule has 0 aliphatic heterocycles. The second kappa shape index (κ2) is 13.9. The molecule has 1 aliphatic rings. The molecule has 5 nitrogen and oxygen atoms in total. The van der Waals surface area contributed by atoms with Gasteiger partial charge in [0, 0.05) is 41.3 Å². The Morgan fingerprint density at radius 1 is 1.08 bits per heavy atom. The van der Waals surface area contributed by atoms with Gasteiger partial charge < -0.3 is 9.55 Å². The number of fused-ring (bicyclic) bond motifs is 3. The molecule has 0 bridgehead atoms. The number of hydrogen-bond acceptors (Lipinski definition) is 4. The predicted octanol–water partition coefficient (Wildman–Crippen LogP) is 8.75. The molecule has 206 valence electrons. The summed E-state index contributed by atoms with van der Waals surface area (Å²) in [5, 5.41) is 0.656. The highest BCUT2D eigenvalue weighted by Gasteiger charge is 2.26. The van der Waals surface area contributed by atoms with Crippen molar-refractivity contribution in [3.05, 3.63) is 87.4 Å². The summed E-state index contributed by atoms with van der Waals surface area (Å²) in [6, 6.07) is 10.4. The number of pyridine rings is 1. The average Bonchev–Trinajstić information content (AvgIpc) is 3.66. The van der Waals surface area contributed by atoms with Crippen molar-refractivity contribution in [3.8, 4) is 11.1 Å². The van der Waals surface area contributed by atoms with Crippen LogP contribution in [0.2, 0.25) is 0 Å². The van der Waals surface area contributed by atoms with Gasteiger partial charge in [0.05, 0.1) is 33.5 Å². The predicted molar refractivity (Wildman–Crippen MR) is 158 cm³/mol. The van der Waals surface area contributed by atoms with Gasteiger partial charge in [0.1, 0.15) is 11.6 Å². The Labute approximate surface area is 231 Å². The number of hydrogen-bond donors (Lipinski definition) is 1. The van der Waals surface area contributed by atoms with Crippen molar-refractivity contribution in [2.75, 3.05) is 0 Å². The fraction of sp³-hybridized carbons (Fsp3) is 0.323. The first-order valence-corrected chi connectivity index (χ1v) is 14.3. The summed E-state index contributed by atoms with van der Waals surface area (Å²) in [5.41, 5.74) is 3.97. The number of thiazole rings is 1. The lowest BCUT2D eigenvalue weighted by Crippen LogP contribution is -2.13. The van der Waals surface area contributed by atoms with Gasteiger partial charge in [-0.25, -0.2) is 13.8 Å². The number of carbonyl (C=O) groups excluding carboxylic acids is 1. The number of aromatic nitrogens is 3. The third kappa shape index (κ3) is 6.87. The first kappa shape index (κ1) is 29.9. The molecule has 0 amide bonds. The van der Waals surface area contributed by atoms with E-state index in [1.807, 2.05) is 26.0 Å². The topological polar surface area (TPSA) is 67.8 Å². The highest BCUT2D eigenvalue weighted by atomic mass is 32.1. The minimum Gasteiger partial charge on any atom is -0.333 e. The standard InChI is InChI=1S/C23H15F2N3O2S.C3H6.C3H8.C2H6/c1-12(29)22-19(15-3-2-8-26-23(15)30)20-17(6-7-18-21(20)27-11-31-18)28(22)10-13-4-5-14(24)9-16(13)25;1-2-3-1;1-3-2;1-2/h2-9,11H,10H2,1H3,(H,26,30);1-3H2;3H2,1-2H3;1-2H3. The fourth-order valence-electron chi connectivity index (χ4n) is 4.00. The quantitative estimate of drug-likeness (QED) is 0.227. The molecule has 0 spiro atoms. The van der Waals surface area contributed by atoms with Crippen LogP contribution in [0.15, 0.2) is 59.0 Å². The highest BCUT2D eigenvalue weighted by Crippen LogP contribution is 2.39. The maximum atomic E-state index is 14.5. The number of H-pyrrole nitrogens is 1. The van der Waals surface area contributed by atoms with Crippen molar-refractivity contribution in [1.29, 1.82) is 0 Å². The number of ketones is 1. The van der Waals surface area contributed by atoms with Crippen LogP contribution in [0.25, 0.3) is 32.2 Å². The van der Waals surface area contributed by atoms with Gasteiger partial charge in [0.25, 0.3) is 5.56 Å². The minimum atomic E-state index is -0.704. The van der Waals surface area contributed by atoms with Crippen LogP contribution in [0.4, 0.5) is 8.78 Å². The zero-order valence-corrected chi connectivity index (χ0v) is 23.9. The van der Waals surface area contributed by atoms with Crippen molar-refractivity contribution in [2.45, 2.75) is 66.8 Å². The average molecular weight is 552 g/mol. The number of benzene rings is 2. The Bertz CT molecular complexity index is 1610. The van der Waals surface area contributed by atoms with Gasteiger partial charge in [0.2, 0.25) is 0 Å². The van der Waals surface area contributed by atoms with Gasteiger partial charge in [0.15, 0.2) is 5.78 Å². The van der Waals surface area contributed by atoms with Crippen molar-refractivity contribution in [3.63, 3.8) is 0 Å². The highest BCUT2D eigenvalue weighted by molar-refractivity contribution is 7.16. The van der Waals surface area contributed by atoms with Crippen LogP contribution in [0, 0.1) is 11.6 Å². The van der Waals surface area contributed by atoms with Gasteiger partial charge in [-0.15, -0.1) is 11.3 Å². The van der Waals surface area contributed by atoms with Gasteiger partial charge in [-0.05, 0) is 30.3 Å². The first-order chi connectivity index (χ1) is 18.9. The molecule has 1 fully saturated rings. The van der Waals surface area contributed by atoms with E-state index in [1.165, 1.54) is 62.3 Å². The maximum absolute atomic E-state index is 14.5. The molecule has 5 aromatic rings. The van der Waals surface area contributed by atoms with Crippen LogP contribution in [-0.4, -0.2) is 20.3 Å². The van der Waals surface area contributed by atoms with E-state index in [0.717, 1.165) is 10.8 Å². The van der Waals surface area contributed by atoms with Crippen molar-refractivity contribution in [2.24, 2.45) is 0 Å². The zero-order chi connectivity index (χ0) is 28.5. The lowest BCUT2D eigenvalue weighted by molar-refractivity contribution is 0.101. The summed E-state index contributed by atoms with van der Waals surface area (Å²) in [6.07, 6.45) is 7.27. The van der Waals surface area contributed by atoms with Crippen molar-refractivity contribution in [1.82, 2.24) is 14.5 Å². The maximum Gasteiger partial charge on any atom is 0.255 e. The van der Waals surface area contributed by atoms with Crippen molar-refractivity contribution < 1.29 is 13.6 Å². The van der Waals surface area contributed by atoms with E-state index < -0.39 is 11.6 Å². The summed E-state index contributed by atoms with van der Waals surface area (Å²) in [7, 11) is 0. The number of nitrogens with zero attached hydrogens (tertiary/aromatic N) is 2. The molecule has 0 atom stereocenters. The molecule has 0 radical (unpaired) electrons. The lowest BCUT2D eigenvalue weighted by atomic mass is 10.0. The Hall–Kier alpha value is -3.65. The molecule has 1 saturated carbocycles. The molecule has 8 heteroatoms. The van der Waals surface area contributed by atoms with E-state index in [1.54, 1.807) is 22.2 Å². The Morgan fingerprint density at radius 3 is 2.36 bits per heavy atom. The second-order valence-corrected chi connectivity index (χ2v) is 9.83. The lowest BCUT2D eigenvalue weighted by Gasteiger charge is -2.11. The molecule has 1 aliphatic carbocycles. The minimum absolute atomic E-state index is 0.00207. The van der Waals surface area contributed by atoms with Crippen LogP contribution in [0.1, 0.15) is 76.4 Å². The van der Waals surface area contributed by atoms with Gasteiger partial charge >= 0.3 is 0 Å². The number of nitrogens with one attached hydrogen (secondary N) is 1. The van der Waals surface area contributed by atoms with Crippen LogP contribution in [0.5, 0.6) is 0 Å². The summed E-state index contributed by atoms with van der Waals surface area (Å²) in [4.78, 5) is 32.6. The largest absolute Gasteiger partial charge is 0.333 e. The van der Waals surface area contributed by atoms with Crippen LogP contribution in [-0.2, 0) is 6.54 Å². The van der Waals surface area contributed by atoms with E-state index in [-0.39, 0.29) is 29.1 Å². The van der Waals surface area contributed by atoms with Gasteiger partial charge in [-0.2, -0.15) is 0 Å². The number of aromatic amines is 1. The molecule has 6 rings (SSSR count). The molecule has 39 heavy (non-hydrogen) atoms. The van der Waals surface area contributed by atoms with E-state index in [2.05, 4.69) is 23.8 Å². The summed E-state index contributed by atoms with van der Waals surface area (Å²) in [5.74, 6) is -1.66. The summed E-state index contributed by atoms with van der Waals surface area (Å²) >= 11 is 1.45. The Balaban J connectivity index is 0.000000465. The fourth-order valence-corrected chi connectivity index (χ4v) is 4.68. The molecule has 0 saturated heterocycles. The molecule has 3 heterocycles. The van der Waals surface area contributed by atoms with Crippen LogP contribution >= 0.6 is 11.3 Å². The first-order valence-electron chi connectivity index (χ1n) is 13.4. The monoisotopic (exact) mass is 551 g/mol. The Morgan fingerprint density at radius 2 is 1.77 bits per heavy atom. The van der Waals surface area contributed by atoms with Crippen LogP contribution < -0.4 is 5.56 Å². The molecule has 1 N–H and O–H groups in total. The normalized spacial score (nSPS) is 11.6. The van der Waals surface area contributed by atoms with E-state index in [0.29, 0.717) is 27.5 Å². The van der Waals surface area contributed by atoms with E-state index >= 15 is 0 Å². The number of rotatable bonds is 4. The number of halogens is 2.